The van der Waals surface area contributed by atoms with Gasteiger partial charge in [0.05, 0.1) is 19.4 Å². The average Bonchev–Trinajstić information content (AvgIpc) is 2.05. The Kier molecular flexibility index (Phi) is 3.31. The molecule has 70 valence electrons. The molecule has 1 heterocycles. The zero-order chi connectivity index (χ0) is 8.97. The SMILES string of the molecule is CC(NC(=O)O)N1CCOCC1. The van der Waals surface area contributed by atoms with E-state index in [1.54, 1.807) is 0 Å². The van der Waals surface area contributed by atoms with E-state index in [0.29, 0.717) is 13.2 Å². The highest BCUT2D eigenvalue weighted by atomic mass is 16.5. The lowest BCUT2D eigenvalue weighted by Gasteiger charge is -2.31. The molecule has 1 saturated heterocycles. The molecule has 0 aromatic carbocycles. The lowest BCUT2D eigenvalue weighted by molar-refractivity contribution is 0.0139. The Labute approximate surface area is 71.3 Å². The summed E-state index contributed by atoms with van der Waals surface area (Å²) in [6.07, 6.45) is -1.10. The first kappa shape index (κ1) is 9.28. The fraction of sp³-hybridized carbons (Fsp3) is 0.857. The van der Waals surface area contributed by atoms with E-state index in [0.717, 1.165) is 13.1 Å². The van der Waals surface area contributed by atoms with Gasteiger partial charge in [-0.25, -0.2) is 4.79 Å². The molecular formula is C7H14N2O3. The maximum atomic E-state index is 10.3. The van der Waals surface area contributed by atoms with Crippen molar-refractivity contribution in [2.45, 2.75) is 13.1 Å². The first-order valence-electron chi connectivity index (χ1n) is 4.01. The summed E-state index contributed by atoms with van der Waals surface area (Å²) >= 11 is 0. The topological polar surface area (TPSA) is 61.8 Å². The van der Waals surface area contributed by atoms with Crippen LogP contribution in [0.2, 0.25) is 0 Å². The van der Waals surface area contributed by atoms with Gasteiger partial charge in [0.2, 0.25) is 0 Å². The number of nitrogens with zero attached hydrogens (tertiary/aromatic N) is 1. The monoisotopic (exact) mass is 174 g/mol. The zero-order valence-corrected chi connectivity index (χ0v) is 7.12. The summed E-state index contributed by atoms with van der Waals surface area (Å²) in [6.45, 7) is 4.79. The first-order chi connectivity index (χ1) is 5.70. The third-order valence-corrected chi connectivity index (χ3v) is 1.93. The Morgan fingerprint density at radius 1 is 1.58 bits per heavy atom. The van der Waals surface area contributed by atoms with Gasteiger partial charge in [0, 0.05) is 13.1 Å². The number of morpholine rings is 1. The second kappa shape index (κ2) is 4.27. The lowest BCUT2D eigenvalue weighted by Crippen LogP contribution is -2.50. The van der Waals surface area contributed by atoms with Gasteiger partial charge in [-0.3, -0.25) is 4.90 Å². The Morgan fingerprint density at radius 3 is 2.67 bits per heavy atom. The molecule has 5 nitrogen and oxygen atoms in total. The molecule has 12 heavy (non-hydrogen) atoms. The normalized spacial score (nSPS) is 21.8. The predicted molar refractivity (Wildman–Crippen MR) is 43.0 cm³/mol. The van der Waals surface area contributed by atoms with Crippen LogP contribution in [0.25, 0.3) is 0 Å². The van der Waals surface area contributed by atoms with Crippen molar-refractivity contribution in [1.29, 1.82) is 0 Å². The summed E-state index contributed by atoms with van der Waals surface area (Å²) in [4.78, 5) is 12.3. The Balaban J connectivity index is 2.29. The second-order valence-electron chi connectivity index (χ2n) is 2.77. The molecule has 0 bridgehead atoms. The third kappa shape index (κ3) is 2.67. The van der Waals surface area contributed by atoms with E-state index in [-0.39, 0.29) is 6.17 Å². The molecule has 1 aliphatic rings. The first-order valence-corrected chi connectivity index (χ1v) is 4.01. The number of ether oxygens (including phenoxy) is 1. The zero-order valence-electron chi connectivity index (χ0n) is 7.12. The van der Waals surface area contributed by atoms with Crippen LogP contribution in [0, 0.1) is 0 Å². The molecule has 5 heteroatoms. The number of amides is 1. The molecule has 1 amide bonds. The van der Waals surface area contributed by atoms with Gasteiger partial charge in [-0.15, -0.1) is 0 Å². The van der Waals surface area contributed by atoms with Gasteiger partial charge in [-0.05, 0) is 6.92 Å². The minimum atomic E-state index is -0.978. The van der Waals surface area contributed by atoms with Gasteiger partial charge < -0.3 is 15.2 Å². The molecule has 0 saturated carbocycles. The molecule has 2 N–H and O–H groups in total. The highest BCUT2D eigenvalue weighted by Gasteiger charge is 2.17. The fourth-order valence-corrected chi connectivity index (χ4v) is 1.23. The van der Waals surface area contributed by atoms with Crippen LogP contribution in [-0.2, 0) is 4.74 Å². The summed E-state index contributed by atoms with van der Waals surface area (Å²) < 4.78 is 5.14. The maximum Gasteiger partial charge on any atom is 0.405 e. The van der Waals surface area contributed by atoms with Gasteiger partial charge >= 0.3 is 6.09 Å². The number of carbonyl (C=O) groups is 1. The summed E-state index contributed by atoms with van der Waals surface area (Å²) in [7, 11) is 0. The van der Waals surface area contributed by atoms with E-state index in [2.05, 4.69) is 5.32 Å². The van der Waals surface area contributed by atoms with Crippen molar-refractivity contribution in [2.75, 3.05) is 26.3 Å². The van der Waals surface area contributed by atoms with Gasteiger partial charge in [0.15, 0.2) is 0 Å². The summed E-state index contributed by atoms with van der Waals surface area (Å²) in [5.41, 5.74) is 0. The lowest BCUT2D eigenvalue weighted by atomic mass is 10.4. The molecule has 1 atom stereocenters. The summed E-state index contributed by atoms with van der Waals surface area (Å²) in [6, 6.07) is 0. The minimum Gasteiger partial charge on any atom is -0.465 e. The molecule has 1 unspecified atom stereocenters. The van der Waals surface area contributed by atoms with Crippen LogP contribution in [0.3, 0.4) is 0 Å². The molecule has 0 aromatic heterocycles. The maximum absolute atomic E-state index is 10.3. The van der Waals surface area contributed by atoms with Gasteiger partial charge in [-0.2, -0.15) is 0 Å². The highest BCUT2D eigenvalue weighted by Crippen LogP contribution is 2.00. The second-order valence-corrected chi connectivity index (χ2v) is 2.77. The van der Waals surface area contributed by atoms with Gasteiger partial charge in [0.1, 0.15) is 0 Å². The van der Waals surface area contributed by atoms with E-state index in [1.165, 1.54) is 0 Å². The summed E-state index contributed by atoms with van der Waals surface area (Å²) in [5, 5.41) is 10.8. The molecule has 0 aliphatic carbocycles. The predicted octanol–water partition coefficient (Wildman–Crippen LogP) is -0.0678. The van der Waals surface area contributed by atoms with Crippen LogP contribution >= 0.6 is 0 Å². The largest absolute Gasteiger partial charge is 0.465 e. The highest BCUT2D eigenvalue weighted by molar-refractivity contribution is 5.64. The van der Waals surface area contributed by atoms with Crippen molar-refractivity contribution in [3.05, 3.63) is 0 Å². The molecule has 0 spiro atoms. The van der Waals surface area contributed by atoms with Crippen molar-refractivity contribution >= 4 is 6.09 Å². The molecule has 0 radical (unpaired) electrons. The average molecular weight is 174 g/mol. The van der Waals surface area contributed by atoms with Crippen LogP contribution in [-0.4, -0.2) is 48.6 Å². The van der Waals surface area contributed by atoms with Crippen LogP contribution in [0.5, 0.6) is 0 Å². The van der Waals surface area contributed by atoms with E-state index in [1.807, 2.05) is 11.8 Å². The number of hydrogen-bond acceptors (Lipinski definition) is 3. The van der Waals surface area contributed by atoms with Gasteiger partial charge in [-0.1, -0.05) is 0 Å². The Hall–Kier alpha value is -0.810. The van der Waals surface area contributed by atoms with Crippen LogP contribution in [0.4, 0.5) is 4.79 Å². The van der Waals surface area contributed by atoms with Crippen molar-refractivity contribution < 1.29 is 14.6 Å². The smallest absolute Gasteiger partial charge is 0.405 e. The van der Waals surface area contributed by atoms with Crippen molar-refractivity contribution in [2.24, 2.45) is 0 Å². The number of hydrogen-bond donors (Lipinski definition) is 2. The molecular weight excluding hydrogens is 160 g/mol. The molecule has 1 rings (SSSR count). The summed E-state index contributed by atoms with van der Waals surface area (Å²) in [5.74, 6) is 0. The van der Waals surface area contributed by atoms with Crippen molar-refractivity contribution in [3.63, 3.8) is 0 Å². The van der Waals surface area contributed by atoms with E-state index in [4.69, 9.17) is 9.84 Å². The fourth-order valence-electron chi connectivity index (χ4n) is 1.23. The molecule has 1 aliphatic heterocycles. The van der Waals surface area contributed by atoms with E-state index in [9.17, 15) is 4.79 Å². The van der Waals surface area contributed by atoms with E-state index < -0.39 is 6.09 Å². The van der Waals surface area contributed by atoms with Crippen LogP contribution in [0.15, 0.2) is 0 Å². The van der Waals surface area contributed by atoms with Crippen molar-refractivity contribution in [1.82, 2.24) is 10.2 Å². The quantitative estimate of drug-likeness (QED) is 0.615. The minimum absolute atomic E-state index is 0.119. The van der Waals surface area contributed by atoms with Crippen molar-refractivity contribution in [3.8, 4) is 0 Å². The number of carboxylic acid groups (broad SMARTS) is 1. The van der Waals surface area contributed by atoms with Gasteiger partial charge in [0.25, 0.3) is 0 Å². The Bertz CT molecular complexity index is 157. The van der Waals surface area contributed by atoms with Crippen LogP contribution < -0.4 is 5.32 Å². The standard InChI is InChI=1S/C7H14N2O3/c1-6(8-7(10)11)9-2-4-12-5-3-9/h6,8H,2-5H2,1H3,(H,10,11). The third-order valence-electron chi connectivity index (χ3n) is 1.93. The van der Waals surface area contributed by atoms with E-state index >= 15 is 0 Å². The number of rotatable bonds is 2. The van der Waals surface area contributed by atoms with Crippen LogP contribution in [0.1, 0.15) is 6.92 Å². The molecule has 0 aromatic rings. The molecule has 1 fully saturated rings. The Morgan fingerprint density at radius 2 is 2.17 bits per heavy atom. The number of nitrogens with one attached hydrogen (secondary N) is 1.